The molecule has 0 spiro atoms. The number of amides is 4. The number of methoxy groups -OCH3 is 1. The summed E-state index contributed by atoms with van der Waals surface area (Å²) in [6, 6.07) is -0.873. The molecule has 10 heteroatoms. The molecule has 2 saturated heterocycles. The van der Waals surface area contributed by atoms with Crippen molar-refractivity contribution in [1.82, 2.24) is 25.2 Å². The molecule has 0 bridgehead atoms. The van der Waals surface area contributed by atoms with Gasteiger partial charge in [-0.1, -0.05) is 19.0 Å². The van der Waals surface area contributed by atoms with Crippen LogP contribution < -0.4 is 5.32 Å². The van der Waals surface area contributed by atoms with Crippen molar-refractivity contribution >= 4 is 17.8 Å². The smallest absolute Gasteiger partial charge is 0.321 e. The zero-order valence-corrected chi connectivity index (χ0v) is 19.0. The first-order valence-corrected chi connectivity index (χ1v) is 10.8. The number of hydrogen-bond acceptors (Lipinski definition) is 6. The van der Waals surface area contributed by atoms with E-state index in [9.17, 15) is 14.4 Å². The molecule has 1 aromatic rings. The van der Waals surface area contributed by atoms with Gasteiger partial charge in [0.15, 0.2) is 0 Å². The van der Waals surface area contributed by atoms with Gasteiger partial charge >= 0.3 is 6.03 Å². The number of fused-ring (bicyclic) bond motifs is 1. The van der Waals surface area contributed by atoms with Gasteiger partial charge in [0.05, 0.1) is 18.3 Å². The summed E-state index contributed by atoms with van der Waals surface area (Å²) in [5.74, 6) is 0.631. The zero-order chi connectivity index (χ0) is 22.7. The van der Waals surface area contributed by atoms with Gasteiger partial charge in [-0.15, -0.1) is 0 Å². The van der Waals surface area contributed by atoms with E-state index in [1.54, 1.807) is 23.8 Å². The van der Waals surface area contributed by atoms with Crippen LogP contribution in [0.15, 0.2) is 4.52 Å². The molecule has 3 rings (SSSR count). The molecule has 0 aliphatic carbocycles. The Morgan fingerprint density at radius 3 is 2.58 bits per heavy atom. The van der Waals surface area contributed by atoms with E-state index in [2.05, 4.69) is 10.5 Å². The van der Waals surface area contributed by atoms with Crippen molar-refractivity contribution in [3.05, 3.63) is 17.0 Å². The summed E-state index contributed by atoms with van der Waals surface area (Å²) in [5.41, 5.74) is 1.58. The number of aryl methyl sites for hydroxylation is 2. The SMILES string of the molecule is COCCN1C[C@H]2CN(CC(=O)NCc3c(C)noc3C)C(=O)N2[C@@H](CC(C)C)C1=O. The number of carbonyl (C=O) groups excluding carboxylic acids is 3. The molecule has 0 aromatic carbocycles. The third-order valence-electron chi connectivity index (χ3n) is 5.92. The van der Waals surface area contributed by atoms with Crippen LogP contribution >= 0.6 is 0 Å². The Hall–Kier alpha value is -2.62. The fourth-order valence-corrected chi connectivity index (χ4v) is 4.31. The quantitative estimate of drug-likeness (QED) is 0.618. The molecule has 4 amide bonds. The predicted octanol–water partition coefficient (Wildman–Crippen LogP) is 0.917. The summed E-state index contributed by atoms with van der Waals surface area (Å²) in [4.78, 5) is 43.7. The summed E-state index contributed by atoms with van der Waals surface area (Å²) in [6.45, 7) is 9.78. The van der Waals surface area contributed by atoms with Gasteiger partial charge in [0.1, 0.15) is 18.3 Å². The monoisotopic (exact) mass is 435 g/mol. The Morgan fingerprint density at radius 1 is 1.26 bits per heavy atom. The van der Waals surface area contributed by atoms with E-state index < -0.39 is 6.04 Å². The molecule has 31 heavy (non-hydrogen) atoms. The van der Waals surface area contributed by atoms with Crippen LogP contribution in [0.2, 0.25) is 0 Å². The van der Waals surface area contributed by atoms with Crippen LogP contribution in [0.4, 0.5) is 4.79 Å². The minimum atomic E-state index is -0.501. The number of carbonyl (C=O) groups is 3. The first-order chi connectivity index (χ1) is 14.7. The number of rotatable bonds is 9. The second kappa shape index (κ2) is 9.67. The van der Waals surface area contributed by atoms with Crippen LogP contribution in [0.3, 0.4) is 0 Å². The second-order valence-electron chi connectivity index (χ2n) is 8.73. The molecule has 1 N–H and O–H groups in total. The molecule has 10 nitrogen and oxygen atoms in total. The Kier molecular flexibility index (Phi) is 7.19. The van der Waals surface area contributed by atoms with Gasteiger partial charge in [-0.3, -0.25) is 9.59 Å². The van der Waals surface area contributed by atoms with Crippen LogP contribution in [0.25, 0.3) is 0 Å². The summed E-state index contributed by atoms with van der Waals surface area (Å²) >= 11 is 0. The predicted molar refractivity (Wildman–Crippen MR) is 112 cm³/mol. The number of nitrogens with one attached hydrogen (secondary N) is 1. The Labute approximate surface area is 182 Å². The largest absolute Gasteiger partial charge is 0.383 e. The zero-order valence-electron chi connectivity index (χ0n) is 19.0. The Morgan fingerprint density at radius 2 is 1.97 bits per heavy atom. The maximum Gasteiger partial charge on any atom is 0.321 e. The number of nitrogens with zero attached hydrogens (tertiary/aromatic N) is 4. The molecule has 0 unspecified atom stereocenters. The van der Waals surface area contributed by atoms with Crippen LogP contribution in [0.1, 0.15) is 37.3 Å². The molecule has 1 aromatic heterocycles. The van der Waals surface area contributed by atoms with E-state index in [4.69, 9.17) is 9.26 Å². The average Bonchev–Trinajstić information content (AvgIpc) is 3.19. The highest BCUT2D eigenvalue weighted by atomic mass is 16.5. The van der Waals surface area contributed by atoms with Crippen molar-refractivity contribution in [2.75, 3.05) is 39.9 Å². The summed E-state index contributed by atoms with van der Waals surface area (Å²) in [7, 11) is 1.61. The van der Waals surface area contributed by atoms with Crippen LogP contribution in [0, 0.1) is 19.8 Å². The molecule has 2 aliphatic heterocycles. The van der Waals surface area contributed by atoms with Crippen molar-refractivity contribution in [3.63, 3.8) is 0 Å². The molecule has 2 atom stereocenters. The lowest BCUT2D eigenvalue weighted by molar-refractivity contribution is -0.143. The number of aromatic nitrogens is 1. The van der Waals surface area contributed by atoms with Crippen molar-refractivity contribution in [3.8, 4) is 0 Å². The van der Waals surface area contributed by atoms with Gasteiger partial charge in [0, 0.05) is 38.9 Å². The van der Waals surface area contributed by atoms with Gasteiger partial charge in [-0.25, -0.2) is 4.79 Å². The van der Waals surface area contributed by atoms with E-state index in [1.807, 2.05) is 20.8 Å². The summed E-state index contributed by atoms with van der Waals surface area (Å²) < 4.78 is 10.3. The van der Waals surface area contributed by atoms with E-state index in [-0.39, 0.29) is 36.3 Å². The number of ether oxygens (including phenoxy) is 1. The topological polar surface area (TPSA) is 108 Å². The molecule has 0 radical (unpaired) electrons. The first-order valence-electron chi connectivity index (χ1n) is 10.8. The lowest BCUT2D eigenvalue weighted by Crippen LogP contribution is -2.61. The molecule has 0 saturated carbocycles. The highest BCUT2D eigenvalue weighted by Crippen LogP contribution is 2.29. The van der Waals surface area contributed by atoms with Crippen LogP contribution in [-0.4, -0.2) is 89.7 Å². The van der Waals surface area contributed by atoms with E-state index in [0.717, 1.165) is 11.3 Å². The fraction of sp³-hybridized carbons (Fsp3) is 0.714. The molecular formula is C21H33N5O5. The van der Waals surface area contributed by atoms with E-state index in [1.165, 1.54) is 4.90 Å². The Balaban J connectivity index is 1.66. The molecule has 3 heterocycles. The average molecular weight is 436 g/mol. The third kappa shape index (κ3) is 5.00. The molecule has 2 aliphatic rings. The van der Waals surface area contributed by atoms with Crippen LogP contribution in [-0.2, 0) is 20.9 Å². The van der Waals surface area contributed by atoms with Crippen LogP contribution in [0.5, 0.6) is 0 Å². The van der Waals surface area contributed by atoms with Crippen molar-refractivity contribution in [2.45, 2.75) is 52.7 Å². The van der Waals surface area contributed by atoms with Crippen molar-refractivity contribution < 1.29 is 23.6 Å². The summed E-state index contributed by atoms with van der Waals surface area (Å²) in [5, 5.41) is 6.72. The lowest BCUT2D eigenvalue weighted by atomic mass is 9.97. The first kappa shape index (κ1) is 23.1. The lowest BCUT2D eigenvalue weighted by Gasteiger charge is -2.42. The van der Waals surface area contributed by atoms with Gasteiger partial charge in [-0.05, 0) is 26.2 Å². The third-order valence-corrected chi connectivity index (χ3v) is 5.92. The maximum absolute atomic E-state index is 13.1. The van der Waals surface area contributed by atoms with Gasteiger partial charge < -0.3 is 29.3 Å². The highest BCUT2D eigenvalue weighted by molar-refractivity contribution is 5.91. The summed E-state index contributed by atoms with van der Waals surface area (Å²) in [6.07, 6.45) is 0.594. The van der Waals surface area contributed by atoms with Gasteiger partial charge in [-0.2, -0.15) is 0 Å². The minimum absolute atomic E-state index is 0.0416. The fourth-order valence-electron chi connectivity index (χ4n) is 4.31. The number of urea groups is 1. The van der Waals surface area contributed by atoms with Crippen molar-refractivity contribution in [1.29, 1.82) is 0 Å². The highest BCUT2D eigenvalue weighted by Gasteiger charge is 2.49. The number of hydrogen-bond donors (Lipinski definition) is 1. The normalized spacial score (nSPS) is 21.3. The van der Waals surface area contributed by atoms with Gasteiger partial charge in [0.25, 0.3) is 0 Å². The molecule has 172 valence electrons. The standard InChI is InChI=1S/C21H33N5O5/c1-13(2)8-18-20(28)24(6-7-30-5)10-16-11-25(21(29)26(16)18)12-19(27)22-9-17-14(3)23-31-15(17)4/h13,16,18H,6-12H2,1-5H3,(H,22,27)/t16-,18-/m0/s1. The second-order valence-corrected chi connectivity index (χ2v) is 8.73. The number of piperazine rings is 1. The molecule has 2 fully saturated rings. The Bertz CT molecular complexity index is 804. The maximum atomic E-state index is 13.1. The molecular weight excluding hydrogens is 402 g/mol. The van der Waals surface area contributed by atoms with E-state index in [0.29, 0.717) is 45.0 Å². The van der Waals surface area contributed by atoms with Gasteiger partial charge in [0.2, 0.25) is 11.8 Å². The van der Waals surface area contributed by atoms with E-state index >= 15 is 0 Å². The van der Waals surface area contributed by atoms with Crippen molar-refractivity contribution in [2.24, 2.45) is 5.92 Å². The minimum Gasteiger partial charge on any atom is -0.383 e.